The standard InChI is InChI=1S/C17H21BrFNO/c1-4-7-20-17(15-8-11(2)21-12(15)3)10-13-9-14(18)5-6-16(13)19/h5-6,8-9,17,20H,4,7,10H2,1-3H3. The van der Waals surface area contributed by atoms with Crippen LogP contribution in [0.4, 0.5) is 4.39 Å². The lowest BCUT2D eigenvalue weighted by Crippen LogP contribution is -2.24. The Balaban J connectivity index is 2.28. The van der Waals surface area contributed by atoms with Crippen LogP contribution in [0, 0.1) is 19.7 Å². The smallest absolute Gasteiger partial charge is 0.126 e. The highest BCUT2D eigenvalue weighted by Crippen LogP contribution is 2.27. The first kappa shape index (κ1) is 16.2. The maximum Gasteiger partial charge on any atom is 0.126 e. The molecule has 0 bridgehead atoms. The molecule has 21 heavy (non-hydrogen) atoms. The molecule has 1 unspecified atom stereocenters. The zero-order valence-corrected chi connectivity index (χ0v) is 14.3. The van der Waals surface area contributed by atoms with Crippen molar-refractivity contribution >= 4 is 15.9 Å². The Bertz CT molecular complexity index is 609. The van der Waals surface area contributed by atoms with E-state index >= 15 is 0 Å². The summed E-state index contributed by atoms with van der Waals surface area (Å²) in [7, 11) is 0. The summed E-state index contributed by atoms with van der Waals surface area (Å²) in [5.74, 6) is 1.62. The molecule has 0 aliphatic rings. The second kappa shape index (κ2) is 7.23. The number of nitrogens with one attached hydrogen (secondary N) is 1. The van der Waals surface area contributed by atoms with E-state index in [0.29, 0.717) is 12.0 Å². The second-order valence-electron chi connectivity index (χ2n) is 5.32. The number of benzene rings is 1. The van der Waals surface area contributed by atoms with E-state index in [1.165, 1.54) is 6.07 Å². The number of hydrogen-bond donors (Lipinski definition) is 1. The molecule has 1 heterocycles. The van der Waals surface area contributed by atoms with E-state index in [1.807, 2.05) is 26.0 Å². The van der Waals surface area contributed by atoms with Crippen LogP contribution in [0.25, 0.3) is 0 Å². The van der Waals surface area contributed by atoms with Crippen LogP contribution in [0.15, 0.2) is 33.2 Å². The van der Waals surface area contributed by atoms with Gasteiger partial charge in [0.2, 0.25) is 0 Å². The van der Waals surface area contributed by atoms with E-state index in [4.69, 9.17) is 4.42 Å². The van der Waals surface area contributed by atoms with Crippen LogP contribution in [-0.4, -0.2) is 6.54 Å². The Morgan fingerprint density at radius 1 is 1.29 bits per heavy atom. The number of rotatable bonds is 6. The van der Waals surface area contributed by atoms with Gasteiger partial charge in [-0.15, -0.1) is 0 Å². The van der Waals surface area contributed by atoms with Gasteiger partial charge in [0.05, 0.1) is 0 Å². The monoisotopic (exact) mass is 353 g/mol. The van der Waals surface area contributed by atoms with Crippen molar-refractivity contribution in [3.63, 3.8) is 0 Å². The summed E-state index contributed by atoms with van der Waals surface area (Å²) in [4.78, 5) is 0. The molecule has 0 saturated carbocycles. The van der Waals surface area contributed by atoms with Crippen LogP contribution in [0.1, 0.15) is 42.0 Å². The van der Waals surface area contributed by atoms with Gasteiger partial charge >= 0.3 is 0 Å². The first-order chi connectivity index (χ1) is 10.0. The molecule has 0 aliphatic heterocycles. The van der Waals surface area contributed by atoms with Crippen molar-refractivity contribution in [2.75, 3.05) is 6.54 Å². The molecule has 0 amide bonds. The highest BCUT2D eigenvalue weighted by molar-refractivity contribution is 9.10. The summed E-state index contributed by atoms with van der Waals surface area (Å²) in [6, 6.07) is 7.17. The van der Waals surface area contributed by atoms with Crippen molar-refractivity contribution in [3.05, 3.63) is 57.2 Å². The van der Waals surface area contributed by atoms with Gasteiger partial charge in [-0.05, 0) is 63.1 Å². The topological polar surface area (TPSA) is 25.2 Å². The fraction of sp³-hybridized carbons (Fsp3) is 0.412. The Morgan fingerprint density at radius 3 is 2.67 bits per heavy atom. The number of furan rings is 1. The normalized spacial score (nSPS) is 12.6. The molecule has 1 atom stereocenters. The summed E-state index contributed by atoms with van der Waals surface area (Å²) in [5.41, 5.74) is 1.82. The fourth-order valence-electron chi connectivity index (χ4n) is 2.53. The zero-order chi connectivity index (χ0) is 15.4. The molecule has 1 aromatic heterocycles. The Morgan fingerprint density at radius 2 is 2.05 bits per heavy atom. The van der Waals surface area contributed by atoms with E-state index in [1.54, 1.807) is 6.07 Å². The molecule has 114 valence electrons. The molecule has 2 nitrogen and oxygen atoms in total. The minimum Gasteiger partial charge on any atom is -0.466 e. The van der Waals surface area contributed by atoms with Crippen molar-refractivity contribution in [1.29, 1.82) is 0 Å². The molecule has 0 saturated heterocycles. The van der Waals surface area contributed by atoms with Crippen LogP contribution in [0.5, 0.6) is 0 Å². The molecule has 1 N–H and O–H groups in total. The molecule has 1 aromatic carbocycles. The maximum absolute atomic E-state index is 14.0. The van der Waals surface area contributed by atoms with E-state index in [0.717, 1.165) is 34.5 Å². The third-order valence-corrected chi connectivity index (χ3v) is 4.02. The molecule has 0 aliphatic carbocycles. The van der Waals surface area contributed by atoms with Gasteiger partial charge in [0.1, 0.15) is 17.3 Å². The summed E-state index contributed by atoms with van der Waals surface area (Å²) < 4.78 is 20.5. The van der Waals surface area contributed by atoms with Crippen LogP contribution in [-0.2, 0) is 6.42 Å². The van der Waals surface area contributed by atoms with Crippen LogP contribution >= 0.6 is 15.9 Å². The van der Waals surface area contributed by atoms with Gasteiger partial charge in [-0.3, -0.25) is 0 Å². The molecule has 4 heteroatoms. The lowest BCUT2D eigenvalue weighted by Gasteiger charge is -2.19. The van der Waals surface area contributed by atoms with Crippen molar-refractivity contribution in [2.45, 2.75) is 39.7 Å². The average Bonchev–Trinajstić information content (AvgIpc) is 2.77. The van der Waals surface area contributed by atoms with Gasteiger partial charge in [0, 0.05) is 16.1 Å². The fourth-order valence-corrected chi connectivity index (χ4v) is 2.94. The van der Waals surface area contributed by atoms with Crippen LogP contribution < -0.4 is 5.32 Å². The Labute approximate surface area is 133 Å². The van der Waals surface area contributed by atoms with Crippen molar-refractivity contribution in [3.8, 4) is 0 Å². The largest absolute Gasteiger partial charge is 0.466 e. The molecule has 0 spiro atoms. The molecule has 2 rings (SSSR count). The lowest BCUT2D eigenvalue weighted by molar-refractivity contribution is 0.476. The number of halogens is 2. The van der Waals surface area contributed by atoms with Gasteiger partial charge in [0.25, 0.3) is 0 Å². The molecular weight excluding hydrogens is 333 g/mol. The van der Waals surface area contributed by atoms with Gasteiger partial charge < -0.3 is 9.73 Å². The van der Waals surface area contributed by atoms with Gasteiger partial charge in [-0.25, -0.2) is 4.39 Å². The SMILES string of the molecule is CCCNC(Cc1cc(Br)ccc1F)c1cc(C)oc1C. The predicted octanol–water partition coefficient (Wildman–Crippen LogP) is 5.08. The average molecular weight is 354 g/mol. The van der Waals surface area contributed by atoms with Gasteiger partial charge in [0.15, 0.2) is 0 Å². The van der Waals surface area contributed by atoms with E-state index in [-0.39, 0.29) is 11.9 Å². The van der Waals surface area contributed by atoms with E-state index in [2.05, 4.69) is 28.2 Å². The van der Waals surface area contributed by atoms with Gasteiger partial charge in [-0.2, -0.15) is 0 Å². The molecule has 0 radical (unpaired) electrons. The van der Waals surface area contributed by atoms with Crippen molar-refractivity contribution in [2.24, 2.45) is 0 Å². The van der Waals surface area contributed by atoms with Crippen molar-refractivity contribution < 1.29 is 8.81 Å². The summed E-state index contributed by atoms with van der Waals surface area (Å²) >= 11 is 3.41. The molecule has 2 aromatic rings. The first-order valence-corrected chi connectivity index (χ1v) is 8.04. The minimum absolute atomic E-state index is 0.0613. The molecule has 0 fully saturated rings. The molecular formula is C17H21BrFNO. The third kappa shape index (κ3) is 4.17. The third-order valence-electron chi connectivity index (χ3n) is 3.53. The maximum atomic E-state index is 14.0. The van der Waals surface area contributed by atoms with Crippen LogP contribution in [0.3, 0.4) is 0 Å². The van der Waals surface area contributed by atoms with E-state index < -0.39 is 0 Å². The Hall–Kier alpha value is -1.13. The van der Waals surface area contributed by atoms with E-state index in [9.17, 15) is 4.39 Å². The minimum atomic E-state index is -0.167. The summed E-state index contributed by atoms with van der Waals surface area (Å²) in [6.45, 7) is 6.91. The lowest BCUT2D eigenvalue weighted by atomic mass is 9.98. The number of hydrogen-bond acceptors (Lipinski definition) is 2. The predicted molar refractivity (Wildman–Crippen MR) is 87.0 cm³/mol. The summed E-state index contributed by atoms with van der Waals surface area (Å²) in [5, 5.41) is 3.49. The zero-order valence-electron chi connectivity index (χ0n) is 12.7. The first-order valence-electron chi connectivity index (χ1n) is 7.25. The van der Waals surface area contributed by atoms with Gasteiger partial charge in [-0.1, -0.05) is 22.9 Å². The van der Waals surface area contributed by atoms with Crippen LogP contribution in [0.2, 0.25) is 0 Å². The quantitative estimate of drug-likeness (QED) is 0.782. The summed E-state index contributed by atoms with van der Waals surface area (Å²) in [6.07, 6.45) is 1.64. The Kier molecular flexibility index (Phi) is 5.59. The highest BCUT2D eigenvalue weighted by atomic mass is 79.9. The highest BCUT2D eigenvalue weighted by Gasteiger charge is 2.19. The van der Waals surface area contributed by atoms with Crippen molar-refractivity contribution in [1.82, 2.24) is 5.32 Å². The second-order valence-corrected chi connectivity index (χ2v) is 6.23. The number of aryl methyl sites for hydroxylation is 2.